The molecule has 0 unspecified atom stereocenters. The number of carboxylic acids is 1. The van der Waals surface area contributed by atoms with Crippen LogP contribution in [0.4, 0.5) is 5.69 Å². The van der Waals surface area contributed by atoms with E-state index in [1.165, 1.54) is 0 Å². The van der Waals surface area contributed by atoms with Gasteiger partial charge in [0.2, 0.25) is 0 Å². The van der Waals surface area contributed by atoms with Crippen LogP contribution in [0.15, 0.2) is 84.9 Å². The molecule has 120 valence electrons. The SMILES string of the molecule is O=C(O)[C@H](Cc1ccccc1)Nc1ccc(-c2ccccc2)cc1. The molecule has 0 saturated carbocycles. The Hall–Kier alpha value is -3.07. The molecule has 0 bridgehead atoms. The molecule has 3 heteroatoms. The molecule has 0 aliphatic heterocycles. The molecule has 0 amide bonds. The lowest BCUT2D eigenvalue weighted by Crippen LogP contribution is -2.31. The minimum absolute atomic E-state index is 0.441. The van der Waals surface area contributed by atoms with Crippen molar-refractivity contribution < 1.29 is 9.90 Å². The van der Waals surface area contributed by atoms with Gasteiger partial charge in [0, 0.05) is 12.1 Å². The second-order valence-electron chi connectivity index (χ2n) is 5.67. The van der Waals surface area contributed by atoms with Crippen molar-refractivity contribution in [3.8, 4) is 11.1 Å². The lowest BCUT2D eigenvalue weighted by molar-refractivity contribution is -0.137. The van der Waals surface area contributed by atoms with E-state index in [-0.39, 0.29) is 0 Å². The number of hydrogen-bond acceptors (Lipinski definition) is 2. The molecule has 0 aromatic heterocycles. The zero-order valence-corrected chi connectivity index (χ0v) is 13.2. The van der Waals surface area contributed by atoms with Gasteiger partial charge in [-0.2, -0.15) is 0 Å². The molecule has 24 heavy (non-hydrogen) atoms. The first-order valence-corrected chi connectivity index (χ1v) is 7.91. The second kappa shape index (κ2) is 7.47. The summed E-state index contributed by atoms with van der Waals surface area (Å²) in [5.74, 6) is -0.856. The van der Waals surface area contributed by atoms with Gasteiger partial charge in [0.05, 0.1) is 0 Å². The van der Waals surface area contributed by atoms with E-state index in [1.807, 2.05) is 72.8 Å². The van der Waals surface area contributed by atoms with Crippen LogP contribution < -0.4 is 5.32 Å². The molecular formula is C21H19NO2. The normalized spacial score (nSPS) is 11.7. The minimum atomic E-state index is -0.856. The highest BCUT2D eigenvalue weighted by molar-refractivity contribution is 5.78. The van der Waals surface area contributed by atoms with Crippen LogP contribution in [0.5, 0.6) is 0 Å². The van der Waals surface area contributed by atoms with Gasteiger partial charge in [-0.1, -0.05) is 72.8 Å². The van der Waals surface area contributed by atoms with Gasteiger partial charge in [-0.15, -0.1) is 0 Å². The Kier molecular flexibility index (Phi) is 4.92. The molecule has 1 atom stereocenters. The largest absolute Gasteiger partial charge is 0.480 e. The summed E-state index contributed by atoms with van der Waals surface area (Å²) in [6, 6.07) is 26.9. The standard InChI is InChI=1S/C21H19NO2/c23-21(24)20(15-16-7-3-1-4-8-16)22-19-13-11-18(12-14-19)17-9-5-2-6-10-17/h1-14,20,22H,15H2,(H,23,24)/t20-/m0/s1. The van der Waals surface area contributed by atoms with Crippen molar-refractivity contribution in [2.24, 2.45) is 0 Å². The first-order valence-electron chi connectivity index (χ1n) is 7.91. The molecule has 0 saturated heterocycles. The highest BCUT2D eigenvalue weighted by atomic mass is 16.4. The third-order valence-corrected chi connectivity index (χ3v) is 3.91. The van der Waals surface area contributed by atoms with Gasteiger partial charge in [-0.25, -0.2) is 4.79 Å². The summed E-state index contributed by atoms with van der Waals surface area (Å²) in [6.07, 6.45) is 0.441. The van der Waals surface area contributed by atoms with Gasteiger partial charge in [-0.05, 0) is 28.8 Å². The highest BCUT2D eigenvalue weighted by Gasteiger charge is 2.17. The van der Waals surface area contributed by atoms with Crippen LogP contribution in [0, 0.1) is 0 Å². The van der Waals surface area contributed by atoms with E-state index >= 15 is 0 Å². The summed E-state index contributed by atoms with van der Waals surface area (Å²) in [6.45, 7) is 0. The van der Waals surface area contributed by atoms with Crippen molar-refractivity contribution in [2.45, 2.75) is 12.5 Å². The van der Waals surface area contributed by atoms with Gasteiger partial charge in [0.1, 0.15) is 6.04 Å². The second-order valence-corrected chi connectivity index (χ2v) is 5.67. The first kappa shape index (κ1) is 15.8. The lowest BCUT2D eigenvalue weighted by Gasteiger charge is -2.16. The fourth-order valence-corrected chi connectivity index (χ4v) is 2.64. The van der Waals surface area contributed by atoms with Crippen molar-refractivity contribution in [3.63, 3.8) is 0 Å². The number of hydrogen-bond donors (Lipinski definition) is 2. The molecule has 0 aliphatic carbocycles. The topological polar surface area (TPSA) is 49.3 Å². The lowest BCUT2D eigenvalue weighted by atomic mass is 10.0. The van der Waals surface area contributed by atoms with E-state index < -0.39 is 12.0 Å². The number of carbonyl (C=O) groups is 1. The molecule has 0 radical (unpaired) electrons. The molecule has 3 nitrogen and oxygen atoms in total. The van der Waals surface area contributed by atoms with Crippen LogP contribution >= 0.6 is 0 Å². The smallest absolute Gasteiger partial charge is 0.326 e. The zero-order valence-electron chi connectivity index (χ0n) is 13.2. The molecule has 0 spiro atoms. The number of aliphatic carboxylic acids is 1. The Bertz CT molecular complexity index is 783. The minimum Gasteiger partial charge on any atom is -0.480 e. The van der Waals surface area contributed by atoms with Crippen molar-refractivity contribution in [3.05, 3.63) is 90.5 Å². The van der Waals surface area contributed by atoms with E-state index in [1.54, 1.807) is 0 Å². The maximum atomic E-state index is 11.5. The van der Waals surface area contributed by atoms with Crippen LogP contribution in [0.3, 0.4) is 0 Å². The average molecular weight is 317 g/mol. The summed E-state index contributed by atoms with van der Waals surface area (Å²) in [5.41, 5.74) is 4.05. The summed E-state index contributed by atoms with van der Waals surface area (Å²) in [4.78, 5) is 11.5. The van der Waals surface area contributed by atoms with Gasteiger partial charge >= 0.3 is 5.97 Å². The summed E-state index contributed by atoms with van der Waals surface area (Å²) < 4.78 is 0. The van der Waals surface area contributed by atoms with Gasteiger partial charge < -0.3 is 10.4 Å². The van der Waals surface area contributed by atoms with Crippen LogP contribution in [-0.2, 0) is 11.2 Å². The molecule has 3 aromatic rings. The van der Waals surface area contributed by atoms with Gasteiger partial charge in [0.25, 0.3) is 0 Å². The quantitative estimate of drug-likeness (QED) is 0.705. The van der Waals surface area contributed by atoms with E-state index in [0.717, 1.165) is 22.4 Å². The summed E-state index contributed by atoms with van der Waals surface area (Å²) >= 11 is 0. The molecular weight excluding hydrogens is 298 g/mol. The zero-order chi connectivity index (χ0) is 16.8. The number of carboxylic acid groups (broad SMARTS) is 1. The summed E-state index contributed by atoms with van der Waals surface area (Å²) in [5, 5.41) is 12.6. The Labute approximate surface area is 141 Å². The maximum absolute atomic E-state index is 11.5. The van der Waals surface area contributed by atoms with E-state index in [4.69, 9.17) is 0 Å². The molecule has 3 aromatic carbocycles. The Morgan fingerprint density at radius 1 is 0.792 bits per heavy atom. The molecule has 3 rings (SSSR count). The number of rotatable bonds is 6. The Morgan fingerprint density at radius 2 is 1.33 bits per heavy atom. The van der Waals surface area contributed by atoms with E-state index in [2.05, 4.69) is 17.4 Å². The third kappa shape index (κ3) is 4.02. The highest BCUT2D eigenvalue weighted by Crippen LogP contribution is 2.21. The summed E-state index contributed by atoms with van der Waals surface area (Å²) in [7, 11) is 0. The number of anilines is 1. The molecule has 0 heterocycles. The van der Waals surface area contributed by atoms with Crippen LogP contribution in [0.2, 0.25) is 0 Å². The van der Waals surface area contributed by atoms with Crippen LogP contribution in [0.1, 0.15) is 5.56 Å². The van der Waals surface area contributed by atoms with Gasteiger partial charge in [0.15, 0.2) is 0 Å². The maximum Gasteiger partial charge on any atom is 0.326 e. The molecule has 2 N–H and O–H groups in total. The Morgan fingerprint density at radius 3 is 1.92 bits per heavy atom. The van der Waals surface area contributed by atoms with Crippen molar-refractivity contribution in [2.75, 3.05) is 5.32 Å². The van der Waals surface area contributed by atoms with Gasteiger partial charge in [-0.3, -0.25) is 0 Å². The fraction of sp³-hybridized carbons (Fsp3) is 0.0952. The van der Waals surface area contributed by atoms with E-state index in [0.29, 0.717) is 6.42 Å². The average Bonchev–Trinajstić information content (AvgIpc) is 2.63. The fourth-order valence-electron chi connectivity index (χ4n) is 2.64. The predicted molar refractivity (Wildman–Crippen MR) is 97.1 cm³/mol. The van der Waals surface area contributed by atoms with E-state index in [9.17, 15) is 9.90 Å². The predicted octanol–water partition coefficient (Wildman–Crippen LogP) is 4.46. The first-order chi connectivity index (χ1) is 11.7. The monoisotopic (exact) mass is 317 g/mol. The van der Waals surface area contributed by atoms with Crippen LogP contribution in [0.25, 0.3) is 11.1 Å². The van der Waals surface area contributed by atoms with Crippen LogP contribution in [-0.4, -0.2) is 17.1 Å². The van der Waals surface area contributed by atoms with Crippen molar-refractivity contribution in [1.29, 1.82) is 0 Å². The Balaban J connectivity index is 1.72. The molecule has 0 aliphatic rings. The third-order valence-electron chi connectivity index (χ3n) is 3.91. The van der Waals surface area contributed by atoms with Crippen molar-refractivity contribution >= 4 is 11.7 Å². The molecule has 0 fully saturated rings. The number of benzene rings is 3. The number of nitrogens with one attached hydrogen (secondary N) is 1. The van der Waals surface area contributed by atoms with Crippen molar-refractivity contribution in [1.82, 2.24) is 0 Å².